The molecular weight excluding hydrogens is 211 g/mol. The lowest BCUT2D eigenvalue weighted by atomic mass is 10.2. The topological polar surface area (TPSA) is 49.3 Å². The Morgan fingerprint density at radius 2 is 2.07 bits per heavy atom. The van der Waals surface area contributed by atoms with Crippen molar-refractivity contribution in [3.8, 4) is 0 Å². The van der Waals surface area contributed by atoms with Crippen LogP contribution in [0.2, 0.25) is 0 Å². The van der Waals surface area contributed by atoms with Gasteiger partial charge in [0.1, 0.15) is 5.54 Å². The van der Waals surface area contributed by atoms with Gasteiger partial charge in [-0.15, -0.1) is 0 Å². The third-order valence-corrected chi connectivity index (χ3v) is 2.46. The summed E-state index contributed by atoms with van der Waals surface area (Å²) in [6, 6.07) is 0. The second-order valence-corrected chi connectivity index (χ2v) is 4.02. The van der Waals surface area contributed by atoms with Gasteiger partial charge in [-0.1, -0.05) is 0 Å². The number of amides is 1. The van der Waals surface area contributed by atoms with Crippen LogP contribution in [0, 0.1) is 0 Å². The molecule has 0 aliphatic heterocycles. The average Bonchev–Trinajstić information content (AvgIpc) is 2.80. The van der Waals surface area contributed by atoms with E-state index >= 15 is 0 Å². The summed E-state index contributed by atoms with van der Waals surface area (Å²) in [4.78, 5) is 11.1. The van der Waals surface area contributed by atoms with Crippen LogP contribution in [-0.4, -0.2) is 28.8 Å². The van der Waals surface area contributed by atoms with Gasteiger partial charge in [-0.3, -0.25) is 4.79 Å². The summed E-state index contributed by atoms with van der Waals surface area (Å²) in [7, 11) is 0. The number of rotatable bonds is 4. The summed E-state index contributed by atoms with van der Waals surface area (Å²) in [6.07, 6.45) is -5.02. The normalized spacial score (nSPS) is 20.9. The van der Waals surface area contributed by atoms with Crippen molar-refractivity contribution >= 4 is 5.91 Å². The van der Waals surface area contributed by atoms with Gasteiger partial charge in [-0.25, -0.2) is 0 Å². The van der Waals surface area contributed by atoms with Gasteiger partial charge in [-0.05, 0) is 26.2 Å². The minimum absolute atomic E-state index is 0.0447. The summed E-state index contributed by atoms with van der Waals surface area (Å²) in [6.45, 7) is 1.49. The van der Waals surface area contributed by atoms with Gasteiger partial charge in [0.2, 0.25) is 5.91 Å². The van der Waals surface area contributed by atoms with Crippen LogP contribution in [0.15, 0.2) is 0 Å². The minimum Gasteiger partial charge on any atom is -0.393 e. The molecule has 1 unspecified atom stereocenters. The van der Waals surface area contributed by atoms with Crippen molar-refractivity contribution in [2.24, 2.45) is 0 Å². The number of aliphatic hydroxyl groups excluding tert-OH is 1. The number of aliphatic hydroxyl groups is 1. The highest BCUT2D eigenvalue weighted by molar-refractivity contribution is 5.77. The first-order chi connectivity index (χ1) is 6.77. The molecule has 1 aliphatic carbocycles. The highest BCUT2D eigenvalue weighted by Crippen LogP contribution is 2.48. The van der Waals surface area contributed by atoms with Crippen molar-refractivity contribution < 1.29 is 23.1 Å². The predicted octanol–water partition coefficient (Wildman–Crippen LogP) is 1.36. The van der Waals surface area contributed by atoms with Crippen molar-refractivity contribution in [2.75, 3.05) is 0 Å². The molecule has 1 rings (SSSR count). The van der Waals surface area contributed by atoms with Crippen LogP contribution in [0.5, 0.6) is 0 Å². The van der Waals surface area contributed by atoms with Crippen molar-refractivity contribution in [1.29, 1.82) is 0 Å². The van der Waals surface area contributed by atoms with Gasteiger partial charge in [0, 0.05) is 6.42 Å². The Morgan fingerprint density at radius 3 is 2.40 bits per heavy atom. The Hall–Kier alpha value is -0.780. The zero-order chi connectivity index (χ0) is 11.7. The molecule has 1 aliphatic rings. The van der Waals surface area contributed by atoms with E-state index in [2.05, 4.69) is 0 Å². The Kier molecular flexibility index (Phi) is 3.28. The number of nitrogens with one attached hydrogen (secondary N) is 1. The van der Waals surface area contributed by atoms with E-state index in [1.165, 1.54) is 6.92 Å². The van der Waals surface area contributed by atoms with E-state index in [-0.39, 0.29) is 25.7 Å². The molecule has 1 saturated carbocycles. The van der Waals surface area contributed by atoms with Crippen LogP contribution >= 0.6 is 0 Å². The largest absolute Gasteiger partial charge is 0.411 e. The second kappa shape index (κ2) is 4.00. The molecule has 15 heavy (non-hydrogen) atoms. The summed E-state index contributed by atoms with van der Waals surface area (Å²) in [5, 5.41) is 10.9. The van der Waals surface area contributed by atoms with E-state index in [1.54, 1.807) is 0 Å². The summed E-state index contributed by atoms with van der Waals surface area (Å²) < 4.78 is 37.2. The molecule has 0 heterocycles. The Labute approximate surface area is 85.7 Å². The standard InChI is InChI=1S/C9H14F3NO2/c1-6(14)2-3-7(15)13-8(4-5-8)9(10,11)12/h6,14H,2-5H2,1H3,(H,13,15). The van der Waals surface area contributed by atoms with Gasteiger partial charge >= 0.3 is 6.18 Å². The maximum Gasteiger partial charge on any atom is 0.411 e. The first-order valence-corrected chi connectivity index (χ1v) is 4.83. The molecule has 0 aromatic carbocycles. The van der Waals surface area contributed by atoms with Crippen LogP contribution in [-0.2, 0) is 4.79 Å². The van der Waals surface area contributed by atoms with E-state index in [4.69, 9.17) is 5.11 Å². The molecule has 0 saturated heterocycles. The molecule has 0 spiro atoms. The van der Waals surface area contributed by atoms with E-state index in [0.29, 0.717) is 0 Å². The lowest BCUT2D eigenvalue weighted by Crippen LogP contribution is -2.47. The molecule has 1 amide bonds. The molecule has 0 aromatic rings. The number of halogens is 3. The van der Waals surface area contributed by atoms with Gasteiger partial charge in [0.05, 0.1) is 6.10 Å². The van der Waals surface area contributed by atoms with Crippen LogP contribution < -0.4 is 5.32 Å². The number of alkyl halides is 3. The molecule has 1 atom stereocenters. The van der Waals surface area contributed by atoms with Crippen LogP contribution in [0.1, 0.15) is 32.6 Å². The van der Waals surface area contributed by atoms with E-state index < -0.39 is 23.7 Å². The number of hydrogen-bond acceptors (Lipinski definition) is 2. The molecule has 0 bridgehead atoms. The van der Waals surface area contributed by atoms with Gasteiger partial charge in [-0.2, -0.15) is 13.2 Å². The maximum absolute atomic E-state index is 12.4. The third-order valence-electron chi connectivity index (χ3n) is 2.46. The number of hydrogen-bond donors (Lipinski definition) is 2. The lowest BCUT2D eigenvalue weighted by Gasteiger charge is -2.20. The molecule has 88 valence electrons. The molecule has 0 radical (unpaired) electrons. The summed E-state index contributed by atoms with van der Waals surface area (Å²) in [5.41, 5.74) is -1.98. The Bertz CT molecular complexity index is 246. The van der Waals surface area contributed by atoms with Crippen molar-refractivity contribution in [3.63, 3.8) is 0 Å². The van der Waals surface area contributed by atoms with Gasteiger partial charge in [0.15, 0.2) is 0 Å². The SMILES string of the molecule is CC(O)CCC(=O)NC1(C(F)(F)F)CC1. The van der Waals surface area contributed by atoms with Crippen LogP contribution in [0.3, 0.4) is 0 Å². The van der Waals surface area contributed by atoms with Crippen molar-refractivity contribution in [1.82, 2.24) is 5.32 Å². The highest BCUT2D eigenvalue weighted by atomic mass is 19.4. The zero-order valence-electron chi connectivity index (χ0n) is 8.40. The smallest absolute Gasteiger partial charge is 0.393 e. The second-order valence-electron chi connectivity index (χ2n) is 4.02. The molecular formula is C9H14F3NO2. The minimum atomic E-state index is -4.37. The number of carbonyl (C=O) groups excluding carboxylic acids is 1. The maximum atomic E-state index is 12.4. The van der Waals surface area contributed by atoms with E-state index in [9.17, 15) is 18.0 Å². The van der Waals surface area contributed by atoms with Crippen molar-refractivity contribution in [2.45, 2.75) is 50.4 Å². The Morgan fingerprint density at radius 1 is 1.53 bits per heavy atom. The van der Waals surface area contributed by atoms with Crippen molar-refractivity contribution in [3.05, 3.63) is 0 Å². The molecule has 6 heteroatoms. The summed E-state index contributed by atoms with van der Waals surface area (Å²) in [5.74, 6) is -0.647. The quantitative estimate of drug-likeness (QED) is 0.759. The van der Waals surface area contributed by atoms with Crippen LogP contribution in [0.25, 0.3) is 0 Å². The molecule has 2 N–H and O–H groups in total. The lowest BCUT2D eigenvalue weighted by molar-refractivity contribution is -0.170. The monoisotopic (exact) mass is 225 g/mol. The fraction of sp³-hybridized carbons (Fsp3) is 0.889. The predicted molar refractivity (Wildman–Crippen MR) is 47.1 cm³/mol. The molecule has 0 aromatic heterocycles. The van der Waals surface area contributed by atoms with Gasteiger partial charge in [0.25, 0.3) is 0 Å². The van der Waals surface area contributed by atoms with E-state index in [1.807, 2.05) is 5.32 Å². The molecule has 1 fully saturated rings. The number of carbonyl (C=O) groups is 1. The highest BCUT2D eigenvalue weighted by Gasteiger charge is 2.64. The van der Waals surface area contributed by atoms with Crippen LogP contribution in [0.4, 0.5) is 13.2 Å². The zero-order valence-corrected chi connectivity index (χ0v) is 8.40. The fourth-order valence-electron chi connectivity index (χ4n) is 1.27. The first kappa shape index (κ1) is 12.3. The first-order valence-electron chi connectivity index (χ1n) is 4.83. The molecule has 3 nitrogen and oxygen atoms in total. The third kappa shape index (κ3) is 3.09. The fourth-order valence-corrected chi connectivity index (χ4v) is 1.27. The summed E-state index contributed by atoms with van der Waals surface area (Å²) >= 11 is 0. The average molecular weight is 225 g/mol. The van der Waals surface area contributed by atoms with Gasteiger partial charge < -0.3 is 10.4 Å². The van der Waals surface area contributed by atoms with E-state index in [0.717, 1.165) is 0 Å². The Balaban J connectivity index is 2.39.